The summed E-state index contributed by atoms with van der Waals surface area (Å²) in [6.45, 7) is 4.97. The molecular formula is C20H23FN2O3S. The zero-order chi connectivity index (χ0) is 19.6. The quantitative estimate of drug-likeness (QED) is 0.863. The Bertz CT molecular complexity index is 959. The topological polar surface area (TPSA) is 66.5 Å². The number of carbonyl (C=O) groups excluding carboxylic acids is 1. The SMILES string of the molecule is Cc1cc(F)ccc1S(=O)(=O)Nc1ccccc1C(=O)N1CCC[C@H](C)C1. The maximum atomic E-state index is 13.3. The Morgan fingerprint density at radius 1 is 1.22 bits per heavy atom. The van der Waals surface area contributed by atoms with Gasteiger partial charge in [-0.15, -0.1) is 0 Å². The van der Waals surface area contributed by atoms with Gasteiger partial charge < -0.3 is 4.90 Å². The number of amides is 1. The monoisotopic (exact) mass is 390 g/mol. The number of benzene rings is 2. The largest absolute Gasteiger partial charge is 0.338 e. The molecule has 0 unspecified atom stereocenters. The van der Waals surface area contributed by atoms with E-state index in [1.807, 2.05) is 0 Å². The first-order valence-corrected chi connectivity index (χ1v) is 10.4. The molecule has 0 bridgehead atoms. The highest BCUT2D eigenvalue weighted by molar-refractivity contribution is 7.92. The molecule has 1 fully saturated rings. The van der Waals surface area contributed by atoms with Crippen LogP contribution in [0.2, 0.25) is 0 Å². The van der Waals surface area contributed by atoms with Crippen molar-refractivity contribution < 1.29 is 17.6 Å². The average Bonchev–Trinajstić information content (AvgIpc) is 2.61. The molecule has 1 aliphatic heterocycles. The van der Waals surface area contributed by atoms with Gasteiger partial charge in [0.15, 0.2) is 0 Å². The lowest BCUT2D eigenvalue weighted by atomic mass is 9.99. The first-order chi connectivity index (χ1) is 12.8. The second-order valence-electron chi connectivity index (χ2n) is 7.06. The maximum Gasteiger partial charge on any atom is 0.262 e. The highest BCUT2D eigenvalue weighted by Gasteiger charge is 2.25. The van der Waals surface area contributed by atoms with Gasteiger partial charge in [-0.3, -0.25) is 9.52 Å². The van der Waals surface area contributed by atoms with E-state index in [1.165, 1.54) is 19.1 Å². The van der Waals surface area contributed by atoms with Crippen LogP contribution in [-0.2, 0) is 10.0 Å². The van der Waals surface area contributed by atoms with Gasteiger partial charge >= 0.3 is 0 Å². The van der Waals surface area contributed by atoms with Crippen molar-refractivity contribution in [2.45, 2.75) is 31.6 Å². The molecule has 1 aliphatic rings. The van der Waals surface area contributed by atoms with Gasteiger partial charge in [0.2, 0.25) is 0 Å². The molecule has 0 spiro atoms. The second kappa shape index (κ2) is 7.68. The van der Waals surface area contributed by atoms with E-state index < -0.39 is 15.8 Å². The van der Waals surface area contributed by atoms with E-state index in [0.29, 0.717) is 30.1 Å². The third-order valence-corrected chi connectivity index (χ3v) is 6.30. The number of likely N-dealkylation sites (tertiary alicyclic amines) is 1. The summed E-state index contributed by atoms with van der Waals surface area (Å²) in [4.78, 5) is 14.7. The van der Waals surface area contributed by atoms with E-state index in [4.69, 9.17) is 0 Å². The molecule has 0 aromatic heterocycles. The fourth-order valence-corrected chi connectivity index (χ4v) is 4.72. The van der Waals surface area contributed by atoms with Crippen molar-refractivity contribution >= 4 is 21.6 Å². The molecule has 1 heterocycles. The van der Waals surface area contributed by atoms with Crippen molar-refractivity contribution in [1.29, 1.82) is 0 Å². The summed E-state index contributed by atoms with van der Waals surface area (Å²) in [6, 6.07) is 10.1. The molecule has 3 rings (SSSR count). The molecule has 1 N–H and O–H groups in total. The molecule has 1 amide bonds. The summed E-state index contributed by atoms with van der Waals surface area (Å²) in [5.74, 6) is -0.259. The number of nitrogens with one attached hydrogen (secondary N) is 1. The summed E-state index contributed by atoms with van der Waals surface area (Å²) in [5, 5.41) is 0. The normalized spacial score (nSPS) is 17.6. The predicted octanol–water partition coefficient (Wildman–Crippen LogP) is 3.81. The van der Waals surface area contributed by atoms with Gasteiger partial charge in [0.25, 0.3) is 15.9 Å². The third kappa shape index (κ3) is 4.30. The van der Waals surface area contributed by atoms with Crippen molar-refractivity contribution in [3.8, 4) is 0 Å². The summed E-state index contributed by atoms with van der Waals surface area (Å²) < 4.78 is 41.4. The Balaban J connectivity index is 1.91. The number of aryl methyl sites for hydroxylation is 1. The molecule has 144 valence electrons. The van der Waals surface area contributed by atoms with Crippen LogP contribution in [0.5, 0.6) is 0 Å². The maximum absolute atomic E-state index is 13.3. The van der Waals surface area contributed by atoms with Gasteiger partial charge in [-0.2, -0.15) is 0 Å². The molecule has 0 radical (unpaired) electrons. The number of para-hydroxylation sites is 1. The van der Waals surface area contributed by atoms with Crippen LogP contribution in [0, 0.1) is 18.7 Å². The van der Waals surface area contributed by atoms with Gasteiger partial charge in [0.1, 0.15) is 5.82 Å². The average molecular weight is 390 g/mol. The van der Waals surface area contributed by atoms with Crippen molar-refractivity contribution in [2.24, 2.45) is 5.92 Å². The third-order valence-electron chi connectivity index (χ3n) is 4.77. The lowest BCUT2D eigenvalue weighted by Gasteiger charge is -2.31. The van der Waals surface area contributed by atoms with E-state index in [1.54, 1.807) is 29.2 Å². The highest BCUT2D eigenvalue weighted by Crippen LogP contribution is 2.25. The Kier molecular flexibility index (Phi) is 5.51. The molecule has 7 heteroatoms. The second-order valence-corrected chi connectivity index (χ2v) is 8.71. The Hall–Kier alpha value is -2.41. The van der Waals surface area contributed by atoms with Crippen LogP contribution in [0.3, 0.4) is 0 Å². The number of carbonyl (C=O) groups is 1. The standard InChI is InChI=1S/C20H23FN2O3S/c1-14-6-5-11-23(13-14)20(24)17-7-3-4-8-18(17)22-27(25,26)19-10-9-16(21)12-15(19)2/h3-4,7-10,12,14,22H,5-6,11,13H2,1-2H3/t14-/m0/s1. The molecule has 0 saturated carbocycles. The summed E-state index contributed by atoms with van der Waals surface area (Å²) in [6.07, 6.45) is 2.03. The van der Waals surface area contributed by atoms with Crippen LogP contribution in [-0.4, -0.2) is 32.3 Å². The van der Waals surface area contributed by atoms with Gasteiger partial charge in [0, 0.05) is 13.1 Å². The molecule has 1 saturated heterocycles. The van der Waals surface area contributed by atoms with Crippen molar-refractivity contribution in [1.82, 2.24) is 4.90 Å². The van der Waals surface area contributed by atoms with E-state index in [2.05, 4.69) is 11.6 Å². The minimum absolute atomic E-state index is 0.0160. The van der Waals surface area contributed by atoms with Crippen LogP contribution < -0.4 is 4.72 Å². The Morgan fingerprint density at radius 2 is 1.96 bits per heavy atom. The molecule has 0 aliphatic carbocycles. The Labute approximate surface area is 159 Å². The van der Waals surface area contributed by atoms with E-state index in [9.17, 15) is 17.6 Å². The minimum atomic E-state index is -3.95. The van der Waals surface area contributed by atoms with Crippen molar-refractivity contribution in [3.63, 3.8) is 0 Å². The first-order valence-electron chi connectivity index (χ1n) is 8.95. The number of sulfonamides is 1. The van der Waals surface area contributed by atoms with Crippen LogP contribution in [0.4, 0.5) is 10.1 Å². The van der Waals surface area contributed by atoms with Crippen LogP contribution in [0.25, 0.3) is 0 Å². The fourth-order valence-electron chi connectivity index (χ4n) is 3.42. The first kappa shape index (κ1) is 19.4. The van der Waals surface area contributed by atoms with E-state index >= 15 is 0 Å². The predicted molar refractivity (Wildman–Crippen MR) is 103 cm³/mol. The van der Waals surface area contributed by atoms with Crippen LogP contribution >= 0.6 is 0 Å². The molecule has 2 aromatic carbocycles. The van der Waals surface area contributed by atoms with Crippen LogP contribution in [0.15, 0.2) is 47.4 Å². The zero-order valence-corrected chi connectivity index (χ0v) is 16.2. The summed E-state index contributed by atoms with van der Waals surface area (Å²) in [7, 11) is -3.95. The number of hydrogen-bond donors (Lipinski definition) is 1. The summed E-state index contributed by atoms with van der Waals surface area (Å²) in [5.41, 5.74) is 0.843. The van der Waals surface area contributed by atoms with Crippen molar-refractivity contribution in [3.05, 3.63) is 59.4 Å². The number of nitrogens with zero attached hydrogens (tertiary/aromatic N) is 1. The fraction of sp³-hybridized carbons (Fsp3) is 0.350. The number of piperidine rings is 1. The molecule has 2 aromatic rings. The van der Waals surface area contributed by atoms with Gasteiger partial charge in [-0.25, -0.2) is 12.8 Å². The van der Waals surface area contributed by atoms with Gasteiger partial charge in [-0.1, -0.05) is 19.1 Å². The zero-order valence-electron chi connectivity index (χ0n) is 15.4. The molecular weight excluding hydrogens is 367 g/mol. The van der Waals surface area contributed by atoms with Gasteiger partial charge in [-0.05, 0) is 61.6 Å². The molecule has 1 atom stereocenters. The number of anilines is 1. The molecule has 27 heavy (non-hydrogen) atoms. The molecule has 5 nitrogen and oxygen atoms in total. The minimum Gasteiger partial charge on any atom is -0.338 e. The number of hydrogen-bond acceptors (Lipinski definition) is 3. The van der Waals surface area contributed by atoms with E-state index in [0.717, 1.165) is 18.9 Å². The summed E-state index contributed by atoms with van der Waals surface area (Å²) >= 11 is 0. The number of halogens is 1. The smallest absolute Gasteiger partial charge is 0.262 e. The van der Waals surface area contributed by atoms with Crippen LogP contribution in [0.1, 0.15) is 35.7 Å². The Morgan fingerprint density at radius 3 is 2.67 bits per heavy atom. The van der Waals surface area contributed by atoms with Crippen molar-refractivity contribution in [2.75, 3.05) is 17.8 Å². The van der Waals surface area contributed by atoms with Gasteiger partial charge in [0.05, 0.1) is 16.1 Å². The number of rotatable bonds is 4. The lowest BCUT2D eigenvalue weighted by Crippen LogP contribution is -2.39. The highest BCUT2D eigenvalue weighted by atomic mass is 32.2. The lowest BCUT2D eigenvalue weighted by molar-refractivity contribution is 0.0684. The van der Waals surface area contributed by atoms with E-state index in [-0.39, 0.29) is 16.5 Å².